The molecule has 0 bridgehead atoms. The molecule has 0 radical (unpaired) electrons. The van der Waals surface area contributed by atoms with Gasteiger partial charge in [0.05, 0.1) is 34.2 Å². The predicted octanol–water partition coefficient (Wildman–Crippen LogP) is 1.90. The summed E-state index contributed by atoms with van der Waals surface area (Å²) in [6.07, 6.45) is 1.38. The van der Waals surface area contributed by atoms with E-state index in [9.17, 15) is 22.6 Å². The molecule has 1 aromatic carbocycles. The summed E-state index contributed by atoms with van der Waals surface area (Å²) in [4.78, 5) is 30.4. The molecule has 3 fully saturated rings. The molecule has 0 unspecified atom stereocenters. The Kier molecular flexibility index (Phi) is 8.02. The highest BCUT2D eigenvalue weighted by atomic mass is 32.2. The molecule has 5 heterocycles. The zero-order chi connectivity index (χ0) is 30.3. The van der Waals surface area contributed by atoms with Crippen molar-refractivity contribution in [2.75, 3.05) is 56.9 Å². The van der Waals surface area contributed by atoms with Crippen LogP contribution in [0.25, 0.3) is 5.52 Å². The van der Waals surface area contributed by atoms with E-state index in [0.29, 0.717) is 29.2 Å². The number of nitrogens with zero attached hydrogens (tertiary/aromatic N) is 5. The van der Waals surface area contributed by atoms with Crippen LogP contribution in [0.1, 0.15) is 15.9 Å². The number of rotatable bonds is 7. The lowest BCUT2D eigenvalue weighted by atomic mass is 10.1. The number of ether oxygens (including phenoxy) is 4. The summed E-state index contributed by atoms with van der Waals surface area (Å²) in [5.41, 5.74) is 1.50. The van der Waals surface area contributed by atoms with E-state index in [-0.39, 0.29) is 60.8 Å². The first-order valence-electron chi connectivity index (χ1n) is 13.6. The molecular formula is C27H30F2N6O7S. The number of anilines is 2. The molecule has 0 spiro atoms. The minimum atomic E-state index is -2.94. The van der Waals surface area contributed by atoms with Crippen molar-refractivity contribution < 1.29 is 41.5 Å². The number of halogens is 2. The second-order valence-corrected chi connectivity index (χ2v) is 13.0. The van der Waals surface area contributed by atoms with Crippen LogP contribution in [0.2, 0.25) is 0 Å². The van der Waals surface area contributed by atoms with Crippen LogP contribution in [0, 0.1) is 12.7 Å². The third-order valence-electron chi connectivity index (χ3n) is 7.87. The Labute approximate surface area is 245 Å². The van der Waals surface area contributed by atoms with Crippen LogP contribution in [0.5, 0.6) is 5.75 Å². The highest BCUT2D eigenvalue weighted by Crippen LogP contribution is 2.36. The van der Waals surface area contributed by atoms with Gasteiger partial charge in [0, 0.05) is 44.0 Å². The van der Waals surface area contributed by atoms with E-state index >= 15 is 0 Å². The minimum Gasteiger partial charge on any atom is -0.483 e. The van der Waals surface area contributed by atoms with Crippen LogP contribution < -0.4 is 10.1 Å². The molecule has 13 nitrogen and oxygen atoms in total. The van der Waals surface area contributed by atoms with E-state index in [2.05, 4.69) is 19.8 Å². The van der Waals surface area contributed by atoms with Gasteiger partial charge in [0.1, 0.15) is 41.7 Å². The number of hydrogen-bond donors (Lipinski definition) is 1. The number of hydrogen-bond acceptors (Lipinski definition) is 10. The van der Waals surface area contributed by atoms with Crippen molar-refractivity contribution in [3.05, 3.63) is 47.7 Å². The molecule has 2 aromatic heterocycles. The van der Waals surface area contributed by atoms with E-state index in [1.807, 2.05) is 0 Å². The van der Waals surface area contributed by atoms with Gasteiger partial charge in [-0.25, -0.2) is 22.5 Å². The molecule has 16 heteroatoms. The second-order valence-electron chi connectivity index (χ2n) is 10.5. The van der Waals surface area contributed by atoms with E-state index in [1.54, 1.807) is 14.0 Å². The zero-order valence-electron chi connectivity index (χ0n) is 23.4. The van der Waals surface area contributed by atoms with Gasteiger partial charge in [-0.3, -0.25) is 9.59 Å². The number of carbonyl (C=O) groups excluding carboxylic acids is 2. The van der Waals surface area contributed by atoms with Gasteiger partial charge >= 0.3 is 0 Å². The van der Waals surface area contributed by atoms with Gasteiger partial charge in [-0.1, -0.05) is 0 Å². The summed E-state index contributed by atoms with van der Waals surface area (Å²) in [5, 5.41) is 7.37. The number of methoxy groups -OCH3 is 1. The quantitative estimate of drug-likeness (QED) is 0.416. The van der Waals surface area contributed by atoms with E-state index in [0.717, 1.165) is 0 Å². The number of carbonyl (C=O) groups is 2. The SMILES string of the molecule is CO[C@@H]1CO[C@H]2[C@@H]1OC[C@H]2Oc1cc(F)ccc1Nc1ncnn2cc(C(=O)N=S3(=O)CCN(C(=O)CF)CC3)c(C)c12. The lowest BCUT2D eigenvalue weighted by molar-refractivity contribution is -0.131. The molecule has 4 atom stereocenters. The van der Waals surface area contributed by atoms with Crippen molar-refractivity contribution >= 4 is 38.6 Å². The van der Waals surface area contributed by atoms with Gasteiger partial charge in [-0.2, -0.15) is 9.46 Å². The van der Waals surface area contributed by atoms with Crippen molar-refractivity contribution in [3.8, 4) is 5.75 Å². The van der Waals surface area contributed by atoms with Crippen LogP contribution in [0.3, 0.4) is 0 Å². The Bertz CT molecular complexity index is 1680. The molecule has 43 heavy (non-hydrogen) atoms. The third kappa shape index (κ3) is 5.67. The van der Waals surface area contributed by atoms with Gasteiger partial charge in [-0.15, -0.1) is 0 Å². The fourth-order valence-electron chi connectivity index (χ4n) is 5.53. The van der Waals surface area contributed by atoms with Crippen molar-refractivity contribution in [2.45, 2.75) is 31.3 Å². The van der Waals surface area contributed by atoms with Gasteiger partial charge in [-0.05, 0) is 24.6 Å². The molecule has 0 aliphatic carbocycles. The van der Waals surface area contributed by atoms with Gasteiger partial charge in [0.15, 0.2) is 18.6 Å². The van der Waals surface area contributed by atoms with Crippen molar-refractivity contribution in [1.82, 2.24) is 19.5 Å². The van der Waals surface area contributed by atoms with E-state index in [1.165, 1.54) is 40.1 Å². The lowest BCUT2D eigenvalue weighted by Gasteiger charge is -2.27. The van der Waals surface area contributed by atoms with Crippen LogP contribution >= 0.6 is 0 Å². The first-order valence-corrected chi connectivity index (χ1v) is 15.5. The Morgan fingerprint density at radius 1 is 1.19 bits per heavy atom. The molecule has 0 saturated carbocycles. The summed E-state index contributed by atoms with van der Waals surface area (Å²) in [6, 6.07) is 4.03. The molecule has 6 rings (SSSR count). The molecule has 1 N–H and O–H groups in total. The summed E-state index contributed by atoms with van der Waals surface area (Å²) < 4.78 is 69.0. The Hall–Kier alpha value is -3.73. The predicted molar refractivity (Wildman–Crippen MR) is 149 cm³/mol. The maximum Gasteiger partial charge on any atom is 0.287 e. The van der Waals surface area contributed by atoms with Crippen molar-refractivity contribution in [3.63, 3.8) is 0 Å². The number of fused-ring (bicyclic) bond motifs is 2. The number of aryl methyl sites for hydroxylation is 1. The van der Waals surface area contributed by atoms with Gasteiger partial charge in [0.25, 0.3) is 11.8 Å². The first-order chi connectivity index (χ1) is 20.7. The normalized spacial score (nSPS) is 24.6. The highest BCUT2D eigenvalue weighted by molar-refractivity contribution is 7.94. The van der Waals surface area contributed by atoms with Crippen LogP contribution in [-0.2, 0) is 28.7 Å². The average Bonchev–Trinajstić information content (AvgIpc) is 3.69. The first kappa shape index (κ1) is 29.3. The topological polar surface area (TPSA) is 146 Å². The van der Waals surface area contributed by atoms with Gasteiger partial charge in [0.2, 0.25) is 0 Å². The molecule has 3 aliphatic heterocycles. The molecular weight excluding hydrogens is 590 g/mol. The van der Waals surface area contributed by atoms with Gasteiger partial charge < -0.3 is 29.2 Å². The highest BCUT2D eigenvalue weighted by Gasteiger charge is 2.49. The molecule has 230 valence electrons. The Balaban J connectivity index is 1.25. The molecule has 2 amide bonds. The number of nitrogens with one attached hydrogen (secondary N) is 1. The third-order valence-corrected chi connectivity index (χ3v) is 10.0. The molecule has 3 aliphatic rings. The largest absolute Gasteiger partial charge is 0.483 e. The van der Waals surface area contributed by atoms with Crippen LogP contribution in [-0.4, -0.2) is 112 Å². The summed E-state index contributed by atoms with van der Waals surface area (Å²) in [6.45, 7) is 1.28. The number of aromatic nitrogens is 3. The number of benzene rings is 1. The summed E-state index contributed by atoms with van der Waals surface area (Å²) in [5.74, 6) is -1.42. The standard InChI is InChI=1S/C27H30F2N6O7S/c1-15-17(27(37)33-43(38)7-5-34(6-8-43)22(36)10-28)11-35-23(15)26(30-14-31-35)32-18-4-3-16(29)9-19(18)42-21-13-41-24-20(39-2)12-40-25(21)24/h3-4,9,11,14,20-21,24-25H,5-8,10,12-13H2,1-2H3,(H,30,31,32)/t20-,21-,24-,25-/m1/s1. The maximum absolute atomic E-state index is 14.3. The molecule has 3 aromatic rings. The Morgan fingerprint density at radius 2 is 1.91 bits per heavy atom. The van der Waals surface area contributed by atoms with Crippen LogP contribution in [0.15, 0.2) is 35.1 Å². The second kappa shape index (κ2) is 11.7. The zero-order valence-corrected chi connectivity index (χ0v) is 24.2. The Morgan fingerprint density at radius 3 is 2.63 bits per heavy atom. The van der Waals surface area contributed by atoms with E-state index in [4.69, 9.17) is 18.9 Å². The van der Waals surface area contributed by atoms with Crippen LogP contribution in [0.4, 0.5) is 20.3 Å². The van der Waals surface area contributed by atoms with Crippen molar-refractivity contribution in [1.29, 1.82) is 0 Å². The number of amides is 2. The van der Waals surface area contributed by atoms with Crippen molar-refractivity contribution in [2.24, 2.45) is 4.36 Å². The fourth-order valence-corrected chi connectivity index (χ4v) is 7.33. The fraction of sp³-hybridized carbons (Fsp3) is 0.481. The molecule has 3 saturated heterocycles. The van der Waals surface area contributed by atoms with E-state index < -0.39 is 40.1 Å². The minimum absolute atomic E-state index is 0.0261. The smallest absolute Gasteiger partial charge is 0.287 e. The average molecular weight is 621 g/mol. The lowest BCUT2D eigenvalue weighted by Crippen LogP contribution is -2.44. The monoisotopic (exact) mass is 620 g/mol. The summed E-state index contributed by atoms with van der Waals surface area (Å²) >= 11 is 0. The number of alkyl halides is 1. The summed E-state index contributed by atoms with van der Waals surface area (Å²) in [7, 11) is -1.35. The maximum atomic E-state index is 14.3.